The molecule has 0 aliphatic carbocycles. The first-order valence-electron chi connectivity index (χ1n) is 16.4. The molecule has 2 atom stereocenters. The highest BCUT2D eigenvalue weighted by molar-refractivity contribution is 9.10. The van der Waals surface area contributed by atoms with E-state index in [0.717, 1.165) is 35.1 Å². The topological polar surface area (TPSA) is 71.1 Å². The summed E-state index contributed by atoms with van der Waals surface area (Å²) < 4.78 is 24.1. The van der Waals surface area contributed by atoms with Crippen molar-refractivity contribution in [1.29, 1.82) is 0 Å². The van der Waals surface area contributed by atoms with E-state index >= 15 is 0 Å². The van der Waals surface area contributed by atoms with Gasteiger partial charge in [-0.15, -0.1) is 12.4 Å². The molecule has 5 rings (SSSR count). The summed E-state index contributed by atoms with van der Waals surface area (Å²) in [6.45, 7) is 6.98. The Labute approximate surface area is 333 Å². The van der Waals surface area contributed by atoms with Crippen LogP contribution in [0.25, 0.3) is 5.57 Å². The van der Waals surface area contributed by atoms with Crippen LogP contribution in [0.3, 0.4) is 0 Å². The quantitative estimate of drug-likeness (QED) is 0.154. The first-order valence-corrected chi connectivity index (χ1v) is 18.7. The second-order valence-electron chi connectivity index (χ2n) is 12.8. The summed E-state index contributed by atoms with van der Waals surface area (Å²) in [4.78, 5) is 31.9. The van der Waals surface area contributed by atoms with Crippen molar-refractivity contribution < 1.29 is 23.5 Å². The number of benzene rings is 3. The average molecular weight is 867 g/mol. The lowest BCUT2D eigenvalue weighted by Gasteiger charge is -2.48. The van der Waals surface area contributed by atoms with Crippen molar-refractivity contribution in [2.45, 2.75) is 68.1 Å². The highest BCUT2D eigenvalue weighted by Crippen LogP contribution is 2.43. The number of halogens is 7. The smallest absolute Gasteiger partial charge is 0.411 e. The molecule has 0 aromatic heterocycles. The average Bonchev–Trinajstić information content (AvgIpc) is 3.06. The number of alkyl halides is 3. The monoisotopic (exact) mass is 863 g/mol. The molecule has 0 radical (unpaired) electrons. The molecular formula is C37H40BrCl5FN3O4. The molecule has 0 saturated carbocycles. The van der Waals surface area contributed by atoms with E-state index in [2.05, 4.69) is 21.2 Å². The molecule has 51 heavy (non-hydrogen) atoms. The molecule has 2 aliphatic heterocycles. The van der Waals surface area contributed by atoms with Gasteiger partial charge in [-0.1, -0.05) is 88.9 Å². The van der Waals surface area contributed by atoms with Gasteiger partial charge in [0.15, 0.2) is 5.60 Å². The Hall–Kier alpha value is -2.24. The third-order valence-corrected chi connectivity index (χ3v) is 11.5. The maximum absolute atomic E-state index is 14.7. The Morgan fingerprint density at radius 1 is 1.06 bits per heavy atom. The number of rotatable bonds is 11. The fraction of sp³-hybridized carbons (Fsp3) is 0.405. The number of fused-ring (bicyclic) bond motifs is 2. The summed E-state index contributed by atoms with van der Waals surface area (Å²) in [6, 6.07) is 19.0. The van der Waals surface area contributed by atoms with Crippen molar-refractivity contribution in [2.24, 2.45) is 0 Å². The Balaban J connectivity index is 0.00000583. The van der Waals surface area contributed by atoms with E-state index in [1.807, 2.05) is 49.4 Å². The molecule has 1 fully saturated rings. The van der Waals surface area contributed by atoms with E-state index in [0.29, 0.717) is 60.0 Å². The van der Waals surface area contributed by atoms with Crippen molar-refractivity contribution in [1.82, 2.24) is 15.1 Å². The second-order valence-corrected chi connectivity index (χ2v) is 16.4. The number of nitrogens with zero attached hydrogens (tertiary/aromatic N) is 2. The van der Waals surface area contributed by atoms with Gasteiger partial charge >= 0.3 is 6.09 Å². The summed E-state index contributed by atoms with van der Waals surface area (Å²) in [7, 11) is 0. The molecule has 3 aromatic rings. The van der Waals surface area contributed by atoms with E-state index < -0.39 is 21.5 Å². The van der Waals surface area contributed by atoms with Crippen LogP contribution in [0, 0.1) is 5.82 Å². The Morgan fingerprint density at radius 2 is 1.76 bits per heavy atom. The summed E-state index contributed by atoms with van der Waals surface area (Å²) >= 11 is 28.4. The van der Waals surface area contributed by atoms with Crippen LogP contribution in [-0.2, 0) is 22.5 Å². The molecule has 1 saturated heterocycles. The number of hydrogen-bond acceptors (Lipinski definition) is 5. The minimum absolute atomic E-state index is 0. The molecule has 2 aliphatic rings. The maximum atomic E-state index is 14.7. The largest absolute Gasteiger partial charge is 0.492 e. The van der Waals surface area contributed by atoms with Crippen molar-refractivity contribution in [2.75, 3.05) is 26.2 Å². The molecule has 2 unspecified atom stereocenters. The Morgan fingerprint density at radius 3 is 2.43 bits per heavy atom. The summed E-state index contributed by atoms with van der Waals surface area (Å²) in [6.07, 6.45) is 1.22. The van der Waals surface area contributed by atoms with E-state index in [-0.39, 0.29) is 30.2 Å². The lowest BCUT2D eigenvalue weighted by Crippen LogP contribution is -2.64. The number of aryl methyl sites for hydroxylation is 1. The van der Waals surface area contributed by atoms with Crippen LogP contribution >= 0.6 is 74.7 Å². The number of nitrogens with one attached hydrogen (secondary N) is 1. The zero-order chi connectivity index (χ0) is 36.2. The summed E-state index contributed by atoms with van der Waals surface area (Å²) in [5.41, 5.74) is 2.76. The zero-order valence-corrected chi connectivity index (χ0v) is 33.8. The predicted molar refractivity (Wildman–Crippen MR) is 209 cm³/mol. The standard InChI is InChI=1S/C37H39BrCl4FN3O4.ClH/c1-4-45(22-25-9-5-6-10-30(25)39)34(47)33-28(19-27-20-44-21-31(33)46(27)35(48)50-36(2,3)37(40,41)42)24-13-11-23(12-14-24)8-7-17-49-32-18-26(43)15-16-29(32)38;/h5-6,9-16,18,27,31,44H,4,7-8,17,19-22H2,1-3H3;1H. The molecule has 3 aromatic carbocycles. The van der Waals surface area contributed by atoms with Gasteiger partial charge in [0, 0.05) is 42.8 Å². The molecule has 2 amide bonds. The van der Waals surface area contributed by atoms with E-state index in [1.165, 1.54) is 12.1 Å². The number of hydrogen-bond donors (Lipinski definition) is 1. The van der Waals surface area contributed by atoms with Crippen LogP contribution in [0.1, 0.15) is 50.3 Å². The number of amides is 2. The highest BCUT2D eigenvalue weighted by Gasteiger charge is 2.50. The van der Waals surface area contributed by atoms with E-state index in [1.54, 1.807) is 35.8 Å². The van der Waals surface area contributed by atoms with Gasteiger partial charge in [0.25, 0.3) is 5.91 Å². The van der Waals surface area contributed by atoms with Crippen LogP contribution in [0.5, 0.6) is 5.75 Å². The molecule has 7 nitrogen and oxygen atoms in total. The number of carbonyl (C=O) groups excluding carboxylic acids is 2. The summed E-state index contributed by atoms with van der Waals surface area (Å²) in [5, 5.41) is 3.97. The first-order chi connectivity index (χ1) is 23.7. The van der Waals surface area contributed by atoms with E-state index in [4.69, 9.17) is 55.9 Å². The van der Waals surface area contributed by atoms with Crippen LogP contribution in [0.4, 0.5) is 9.18 Å². The van der Waals surface area contributed by atoms with Crippen molar-refractivity contribution >= 4 is 92.3 Å². The minimum atomic E-state index is -1.87. The van der Waals surface area contributed by atoms with Gasteiger partial charge in [-0.3, -0.25) is 9.69 Å². The van der Waals surface area contributed by atoms with Gasteiger partial charge in [0.1, 0.15) is 11.6 Å². The Bertz CT molecular complexity index is 1740. The SMILES string of the molecule is CCN(Cc1ccccc1Cl)C(=O)C1=C(c2ccc(CCCOc3cc(F)ccc3Br)cc2)CC2CNCC1N2C(=O)OC(C)(C)C(Cl)(Cl)Cl.Cl. The van der Waals surface area contributed by atoms with Crippen LogP contribution in [0.15, 0.2) is 76.8 Å². The molecule has 2 heterocycles. The third-order valence-electron chi connectivity index (χ3n) is 9.06. The fourth-order valence-corrected chi connectivity index (χ4v) is 6.87. The number of piperazine rings is 1. The molecule has 276 valence electrons. The first kappa shape index (κ1) is 41.5. The van der Waals surface area contributed by atoms with Gasteiger partial charge in [-0.25, -0.2) is 9.18 Å². The van der Waals surface area contributed by atoms with Crippen LogP contribution in [0.2, 0.25) is 5.02 Å². The van der Waals surface area contributed by atoms with Gasteiger partial charge in [-0.05, 0) is 96.4 Å². The second kappa shape index (κ2) is 17.7. The molecule has 1 N–H and O–H groups in total. The third kappa shape index (κ3) is 9.85. The van der Waals surface area contributed by atoms with E-state index in [9.17, 15) is 14.0 Å². The fourth-order valence-electron chi connectivity index (χ4n) is 6.19. The van der Waals surface area contributed by atoms with Crippen molar-refractivity contribution in [3.05, 3.63) is 104 Å². The predicted octanol–water partition coefficient (Wildman–Crippen LogP) is 9.81. The van der Waals surface area contributed by atoms with Crippen molar-refractivity contribution in [3.63, 3.8) is 0 Å². The number of likely N-dealkylation sites (N-methyl/N-ethyl adjacent to an activating group) is 1. The maximum Gasteiger partial charge on any atom is 0.411 e. The highest BCUT2D eigenvalue weighted by atomic mass is 79.9. The van der Waals surface area contributed by atoms with Gasteiger partial charge in [-0.2, -0.15) is 0 Å². The lowest BCUT2D eigenvalue weighted by molar-refractivity contribution is -0.128. The van der Waals surface area contributed by atoms with Crippen LogP contribution in [-0.4, -0.2) is 69.5 Å². The lowest BCUT2D eigenvalue weighted by atomic mass is 9.81. The number of carbonyl (C=O) groups is 2. The molecular weight excluding hydrogens is 827 g/mol. The molecule has 2 bridgehead atoms. The van der Waals surface area contributed by atoms with Gasteiger partial charge in [0.05, 0.1) is 23.2 Å². The van der Waals surface area contributed by atoms with Crippen LogP contribution < -0.4 is 10.1 Å². The van der Waals surface area contributed by atoms with Gasteiger partial charge < -0.3 is 19.7 Å². The molecule has 0 spiro atoms. The Kier molecular flexibility index (Phi) is 14.4. The van der Waals surface area contributed by atoms with Crippen molar-refractivity contribution in [3.8, 4) is 5.75 Å². The summed E-state index contributed by atoms with van der Waals surface area (Å²) in [5.74, 6) is -0.0878. The molecule has 14 heteroatoms. The zero-order valence-electron chi connectivity index (χ0n) is 28.4. The minimum Gasteiger partial charge on any atom is -0.492 e. The normalized spacial score (nSPS) is 17.5. The number of ether oxygens (including phenoxy) is 2. The van der Waals surface area contributed by atoms with Gasteiger partial charge in [0.2, 0.25) is 3.79 Å².